The van der Waals surface area contributed by atoms with Crippen molar-refractivity contribution < 1.29 is 4.79 Å². The predicted octanol–water partition coefficient (Wildman–Crippen LogP) is 2.11. The van der Waals surface area contributed by atoms with Crippen LogP contribution in [0.15, 0.2) is 18.7 Å². The predicted molar refractivity (Wildman–Crippen MR) is 73.1 cm³/mol. The summed E-state index contributed by atoms with van der Waals surface area (Å²) in [6.07, 6.45) is 8.17. The molecule has 0 radical (unpaired) electrons. The van der Waals surface area contributed by atoms with Crippen molar-refractivity contribution in [3.63, 3.8) is 0 Å². The molecule has 0 fully saturated rings. The number of nitrogens with zero attached hydrogens (tertiary/aromatic N) is 3. The van der Waals surface area contributed by atoms with Crippen LogP contribution >= 0.6 is 0 Å². The second-order valence-electron chi connectivity index (χ2n) is 4.75. The van der Waals surface area contributed by atoms with Crippen LogP contribution in [-0.2, 0) is 11.3 Å². The van der Waals surface area contributed by atoms with Gasteiger partial charge in [-0.3, -0.25) is 4.79 Å². The quantitative estimate of drug-likeness (QED) is 0.780. The summed E-state index contributed by atoms with van der Waals surface area (Å²) in [5.74, 6) is -0.140. The van der Waals surface area contributed by atoms with Gasteiger partial charge >= 0.3 is 0 Å². The maximum absolute atomic E-state index is 12.2. The summed E-state index contributed by atoms with van der Waals surface area (Å²) in [6, 6.07) is 2.23. The molecule has 0 spiro atoms. The molecular formula is C14H22N4O. The van der Waals surface area contributed by atoms with Gasteiger partial charge in [-0.05, 0) is 12.8 Å². The third-order valence-corrected chi connectivity index (χ3v) is 3.22. The van der Waals surface area contributed by atoms with Crippen LogP contribution in [0.5, 0.6) is 0 Å². The van der Waals surface area contributed by atoms with Crippen molar-refractivity contribution in [2.45, 2.75) is 46.1 Å². The van der Waals surface area contributed by atoms with Crippen molar-refractivity contribution in [2.24, 2.45) is 5.41 Å². The van der Waals surface area contributed by atoms with Crippen molar-refractivity contribution in [1.29, 1.82) is 5.26 Å². The average Bonchev–Trinajstić information content (AvgIpc) is 2.91. The lowest BCUT2D eigenvalue weighted by atomic mass is 9.80. The minimum Gasteiger partial charge on any atom is -0.353 e. The van der Waals surface area contributed by atoms with Crippen LogP contribution < -0.4 is 5.32 Å². The molecule has 1 rings (SSSR count). The Labute approximate surface area is 114 Å². The van der Waals surface area contributed by atoms with E-state index in [0.717, 1.165) is 12.8 Å². The molecule has 0 atom stereocenters. The maximum Gasteiger partial charge on any atom is 0.240 e. The Balaban J connectivity index is 2.54. The number of carbonyl (C=O) groups excluding carboxylic acids is 1. The molecule has 0 saturated heterocycles. The fourth-order valence-electron chi connectivity index (χ4n) is 2.25. The molecule has 0 bridgehead atoms. The molecule has 0 aliphatic rings. The minimum atomic E-state index is -0.863. The molecule has 1 aromatic rings. The van der Waals surface area contributed by atoms with Gasteiger partial charge in [-0.1, -0.05) is 26.7 Å². The molecule has 5 nitrogen and oxygen atoms in total. The van der Waals surface area contributed by atoms with E-state index in [0.29, 0.717) is 25.9 Å². The molecule has 0 aromatic carbocycles. The van der Waals surface area contributed by atoms with Crippen LogP contribution in [0.2, 0.25) is 0 Å². The first kappa shape index (κ1) is 15.2. The van der Waals surface area contributed by atoms with E-state index in [4.69, 9.17) is 0 Å². The number of aromatic nitrogens is 2. The van der Waals surface area contributed by atoms with Crippen molar-refractivity contribution in [3.05, 3.63) is 18.7 Å². The Bertz CT molecular complexity index is 413. The van der Waals surface area contributed by atoms with E-state index < -0.39 is 5.41 Å². The zero-order valence-corrected chi connectivity index (χ0v) is 11.7. The first-order chi connectivity index (χ1) is 9.18. The lowest BCUT2D eigenvalue weighted by Gasteiger charge is -2.24. The van der Waals surface area contributed by atoms with Gasteiger partial charge in [0.2, 0.25) is 5.91 Å². The molecule has 0 aliphatic heterocycles. The van der Waals surface area contributed by atoms with Crippen LogP contribution in [0.4, 0.5) is 0 Å². The molecule has 0 saturated carbocycles. The van der Waals surface area contributed by atoms with Gasteiger partial charge in [0.05, 0.1) is 12.4 Å². The van der Waals surface area contributed by atoms with Crippen LogP contribution in [-0.4, -0.2) is 22.0 Å². The molecule has 0 aliphatic carbocycles. The number of hydrogen-bond acceptors (Lipinski definition) is 3. The Morgan fingerprint density at radius 1 is 1.42 bits per heavy atom. The number of imidazole rings is 1. The number of rotatable bonds is 8. The maximum atomic E-state index is 12.2. The summed E-state index contributed by atoms with van der Waals surface area (Å²) in [5.41, 5.74) is -0.863. The largest absolute Gasteiger partial charge is 0.353 e. The van der Waals surface area contributed by atoms with Gasteiger partial charge in [-0.25, -0.2) is 4.98 Å². The fraction of sp³-hybridized carbons (Fsp3) is 0.643. The van der Waals surface area contributed by atoms with E-state index in [1.807, 2.05) is 24.6 Å². The third kappa shape index (κ3) is 4.09. The molecule has 0 unspecified atom stereocenters. The highest BCUT2D eigenvalue weighted by Crippen LogP contribution is 2.29. The molecule has 1 aromatic heterocycles. The van der Waals surface area contributed by atoms with Crippen LogP contribution in [0.25, 0.3) is 0 Å². The normalized spacial score (nSPS) is 11.0. The molecule has 1 amide bonds. The first-order valence-corrected chi connectivity index (χ1v) is 6.83. The van der Waals surface area contributed by atoms with Gasteiger partial charge < -0.3 is 9.88 Å². The van der Waals surface area contributed by atoms with E-state index in [-0.39, 0.29) is 5.91 Å². The van der Waals surface area contributed by atoms with Crippen molar-refractivity contribution >= 4 is 5.91 Å². The lowest BCUT2D eigenvalue weighted by molar-refractivity contribution is -0.128. The van der Waals surface area contributed by atoms with Gasteiger partial charge in [0.25, 0.3) is 0 Å². The summed E-state index contributed by atoms with van der Waals surface area (Å²) < 4.78 is 1.90. The van der Waals surface area contributed by atoms with Gasteiger partial charge in [-0.15, -0.1) is 0 Å². The van der Waals surface area contributed by atoms with E-state index >= 15 is 0 Å². The van der Waals surface area contributed by atoms with Crippen molar-refractivity contribution in [3.8, 4) is 6.07 Å². The second-order valence-corrected chi connectivity index (χ2v) is 4.75. The Morgan fingerprint density at radius 3 is 2.58 bits per heavy atom. The minimum absolute atomic E-state index is 0.140. The van der Waals surface area contributed by atoms with Crippen LogP contribution in [0, 0.1) is 16.7 Å². The molecule has 1 N–H and O–H groups in total. The molecule has 5 heteroatoms. The highest BCUT2D eigenvalue weighted by atomic mass is 16.2. The summed E-state index contributed by atoms with van der Waals surface area (Å²) in [4.78, 5) is 16.2. The molecule has 19 heavy (non-hydrogen) atoms. The van der Waals surface area contributed by atoms with Crippen molar-refractivity contribution in [2.75, 3.05) is 6.54 Å². The number of nitriles is 1. The van der Waals surface area contributed by atoms with E-state index in [1.165, 1.54) is 0 Å². The van der Waals surface area contributed by atoms with Crippen molar-refractivity contribution in [1.82, 2.24) is 14.9 Å². The lowest BCUT2D eigenvalue weighted by Crippen LogP contribution is -2.41. The van der Waals surface area contributed by atoms with E-state index in [1.54, 1.807) is 12.5 Å². The summed E-state index contributed by atoms with van der Waals surface area (Å²) in [6.45, 7) is 5.19. The fourth-order valence-corrected chi connectivity index (χ4v) is 2.25. The molecule has 104 valence electrons. The first-order valence-electron chi connectivity index (χ1n) is 6.83. The Morgan fingerprint density at radius 2 is 2.11 bits per heavy atom. The summed E-state index contributed by atoms with van der Waals surface area (Å²) in [5, 5.41) is 12.2. The average molecular weight is 262 g/mol. The Hall–Kier alpha value is -1.83. The number of carbonyl (C=O) groups is 1. The van der Waals surface area contributed by atoms with Gasteiger partial charge in [0, 0.05) is 25.5 Å². The number of amides is 1. The monoisotopic (exact) mass is 262 g/mol. The van der Waals surface area contributed by atoms with Gasteiger partial charge in [-0.2, -0.15) is 5.26 Å². The highest BCUT2D eigenvalue weighted by molar-refractivity contribution is 5.85. The van der Waals surface area contributed by atoms with Crippen LogP contribution in [0.1, 0.15) is 39.5 Å². The Kier molecular flexibility index (Phi) is 6.07. The summed E-state index contributed by atoms with van der Waals surface area (Å²) >= 11 is 0. The molecule has 1 heterocycles. The van der Waals surface area contributed by atoms with E-state index in [9.17, 15) is 10.1 Å². The highest BCUT2D eigenvalue weighted by Gasteiger charge is 2.36. The van der Waals surface area contributed by atoms with E-state index in [2.05, 4.69) is 16.4 Å². The topological polar surface area (TPSA) is 70.7 Å². The smallest absolute Gasteiger partial charge is 0.240 e. The number of nitrogens with one attached hydrogen (secondary N) is 1. The zero-order chi connectivity index (χ0) is 14.1. The SMILES string of the molecule is CCCC(C#N)(CCC)C(=O)NCCn1ccnc1. The second kappa shape index (κ2) is 7.57. The van der Waals surface area contributed by atoms with Crippen LogP contribution in [0.3, 0.4) is 0 Å². The summed E-state index contributed by atoms with van der Waals surface area (Å²) in [7, 11) is 0. The van der Waals surface area contributed by atoms with Gasteiger partial charge in [0.15, 0.2) is 0 Å². The van der Waals surface area contributed by atoms with Gasteiger partial charge in [0.1, 0.15) is 5.41 Å². The number of hydrogen-bond donors (Lipinski definition) is 1. The third-order valence-electron chi connectivity index (χ3n) is 3.22. The zero-order valence-electron chi connectivity index (χ0n) is 11.7. The standard InChI is InChI=1S/C14H22N4O/c1-3-5-14(11-15,6-4-2)13(19)17-8-10-18-9-7-16-12-18/h7,9,12H,3-6,8,10H2,1-2H3,(H,17,19). The molecular weight excluding hydrogens is 240 g/mol.